The van der Waals surface area contributed by atoms with Gasteiger partial charge in [0.05, 0.1) is 18.7 Å². The zero-order valence-corrected chi connectivity index (χ0v) is 17.5. The van der Waals surface area contributed by atoms with Crippen LogP contribution in [-0.2, 0) is 9.53 Å². The molecule has 2 aromatic carbocycles. The van der Waals surface area contributed by atoms with Crippen LogP contribution in [0.25, 0.3) is 22.2 Å². The number of esters is 1. The second-order valence-corrected chi connectivity index (χ2v) is 6.32. The van der Waals surface area contributed by atoms with Crippen LogP contribution in [0.5, 0.6) is 0 Å². The van der Waals surface area contributed by atoms with Crippen molar-refractivity contribution in [3.8, 4) is 11.3 Å². The van der Waals surface area contributed by atoms with E-state index in [2.05, 4.69) is 4.98 Å². The molecule has 0 saturated carbocycles. The van der Waals surface area contributed by atoms with Crippen LogP contribution in [0, 0.1) is 10.8 Å². The lowest BCUT2D eigenvalue weighted by Crippen LogP contribution is -2.12. The highest BCUT2D eigenvalue weighted by atomic mass is 35.5. The summed E-state index contributed by atoms with van der Waals surface area (Å²) in [6.45, 7) is 1.79. The molecule has 154 valence electrons. The Kier molecular flexibility index (Phi) is 7.82. The highest BCUT2D eigenvalue weighted by molar-refractivity contribution is 6.02. The molecule has 3 rings (SSSR count). The van der Waals surface area contributed by atoms with E-state index in [0.717, 1.165) is 27.7 Å². The molecule has 1 unspecified atom stereocenters. The fourth-order valence-electron chi connectivity index (χ4n) is 3.18. The van der Waals surface area contributed by atoms with E-state index >= 15 is 0 Å². The number of carbonyl (C=O) groups excluding carboxylic acids is 1. The third kappa shape index (κ3) is 4.52. The molecule has 29 heavy (non-hydrogen) atoms. The molecule has 0 radical (unpaired) electrons. The van der Waals surface area contributed by atoms with Crippen LogP contribution in [-0.4, -0.2) is 29.7 Å². The van der Waals surface area contributed by atoms with Gasteiger partial charge in [-0.1, -0.05) is 36.4 Å². The SMILES string of the molecule is COC(=O)C(C)c1c(-c2ccc(C(=N)N)cc2)[nH]c2cc(C(=N)N)ccc12.Cl.Cl. The monoisotopic (exact) mass is 435 g/mol. The number of H-pyrrole nitrogens is 1. The first-order valence-corrected chi connectivity index (χ1v) is 8.36. The molecule has 7 nitrogen and oxygen atoms in total. The van der Waals surface area contributed by atoms with Crippen molar-refractivity contribution in [2.45, 2.75) is 12.8 Å². The summed E-state index contributed by atoms with van der Waals surface area (Å²) >= 11 is 0. The number of carbonyl (C=O) groups is 1. The normalized spacial score (nSPS) is 11.1. The van der Waals surface area contributed by atoms with Crippen LogP contribution in [0.1, 0.15) is 29.5 Å². The third-order valence-electron chi connectivity index (χ3n) is 4.62. The van der Waals surface area contributed by atoms with E-state index in [1.54, 1.807) is 31.2 Å². The summed E-state index contributed by atoms with van der Waals surface area (Å²) < 4.78 is 4.94. The van der Waals surface area contributed by atoms with Crippen molar-refractivity contribution in [1.82, 2.24) is 4.98 Å². The van der Waals surface area contributed by atoms with E-state index in [0.29, 0.717) is 11.1 Å². The molecular formula is C20H23Cl2N5O2. The smallest absolute Gasteiger partial charge is 0.312 e. The number of rotatable bonds is 5. The van der Waals surface area contributed by atoms with E-state index in [-0.39, 0.29) is 42.5 Å². The molecule has 0 spiro atoms. The Morgan fingerprint density at radius 3 is 2.07 bits per heavy atom. The van der Waals surface area contributed by atoms with E-state index < -0.39 is 5.92 Å². The van der Waals surface area contributed by atoms with Crippen LogP contribution < -0.4 is 11.5 Å². The van der Waals surface area contributed by atoms with Crippen LogP contribution >= 0.6 is 24.8 Å². The number of aromatic nitrogens is 1. The maximum Gasteiger partial charge on any atom is 0.312 e. The molecule has 9 heteroatoms. The Morgan fingerprint density at radius 2 is 1.55 bits per heavy atom. The lowest BCUT2D eigenvalue weighted by molar-refractivity contribution is -0.141. The zero-order chi connectivity index (χ0) is 19.7. The second-order valence-electron chi connectivity index (χ2n) is 6.32. The predicted molar refractivity (Wildman–Crippen MR) is 121 cm³/mol. The number of amidine groups is 2. The average molecular weight is 436 g/mol. The van der Waals surface area contributed by atoms with Crippen molar-refractivity contribution in [2.24, 2.45) is 11.5 Å². The molecule has 3 aromatic rings. The van der Waals surface area contributed by atoms with Crippen molar-refractivity contribution in [1.29, 1.82) is 10.8 Å². The van der Waals surface area contributed by atoms with Crippen molar-refractivity contribution in [3.63, 3.8) is 0 Å². The highest BCUT2D eigenvalue weighted by Crippen LogP contribution is 2.36. The van der Waals surface area contributed by atoms with Crippen molar-refractivity contribution < 1.29 is 9.53 Å². The summed E-state index contributed by atoms with van der Waals surface area (Å²) in [5.74, 6) is -0.864. The van der Waals surface area contributed by atoms with Gasteiger partial charge in [-0.2, -0.15) is 0 Å². The number of halogens is 2. The molecule has 0 saturated heterocycles. The average Bonchev–Trinajstić information content (AvgIpc) is 3.05. The minimum absolute atomic E-state index is 0. The molecule has 0 aliphatic carbocycles. The number of aromatic amines is 1. The summed E-state index contributed by atoms with van der Waals surface area (Å²) in [5.41, 5.74) is 15.6. The van der Waals surface area contributed by atoms with Gasteiger partial charge >= 0.3 is 5.97 Å². The predicted octanol–water partition coefficient (Wildman–Crippen LogP) is 3.52. The Morgan fingerprint density at radius 1 is 1.00 bits per heavy atom. The molecule has 0 amide bonds. The molecule has 7 N–H and O–H groups in total. The van der Waals surface area contributed by atoms with Crippen molar-refractivity contribution >= 4 is 53.4 Å². The highest BCUT2D eigenvalue weighted by Gasteiger charge is 2.24. The van der Waals surface area contributed by atoms with Gasteiger partial charge in [0.1, 0.15) is 11.7 Å². The first kappa shape index (κ1) is 24.0. The number of nitrogen functional groups attached to an aromatic ring is 2. The van der Waals surface area contributed by atoms with E-state index in [9.17, 15) is 4.79 Å². The third-order valence-corrected chi connectivity index (χ3v) is 4.62. The first-order valence-electron chi connectivity index (χ1n) is 8.36. The van der Waals surface area contributed by atoms with Crippen LogP contribution in [0.4, 0.5) is 0 Å². The molecule has 0 fully saturated rings. The summed E-state index contributed by atoms with van der Waals surface area (Å²) in [5, 5.41) is 16.0. The standard InChI is InChI=1S/C20H21N5O2.2ClH/c1-10(20(26)27-2)16-14-8-7-13(19(23)24)9-15(14)25-17(16)11-3-5-12(6-4-11)18(21)22;;/h3-10,25H,1-2H3,(H3,21,22)(H3,23,24);2*1H. The largest absolute Gasteiger partial charge is 0.469 e. The Bertz CT molecular complexity index is 1060. The molecule has 1 aromatic heterocycles. The quantitative estimate of drug-likeness (QED) is 0.237. The fraction of sp³-hybridized carbons (Fsp3) is 0.150. The van der Waals surface area contributed by atoms with Crippen LogP contribution in [0.2, 0.25) is 0 Å². The number of fused-ring (bicyclic) bond motifs is 1. The lowest BCUT2D eigenvalue weighted by Gasteiger charge is -2.12. The van der Waals surface area contributed by atoms with E-state index in [1.807, 2.05) is 18.2 Å². The summed E-state index contributed by atoms with van der Waals surface area (Å²) in [4.78, 5) is 15.6. The van der Waals surface area contributed by atoms with Crippen LogP contribution in [0.15, 0.2) is 42.5 Å². The number of nitrogens with two attached hydrogens (primary N) is 2. The Balaban J connectivity index is 0.00000210. The lowest BCUT2D eigenvalue weighted by atomic mass is 9.94. The van der Waals surface area contributed by atoms with Gasteiger partial charge < -0.3 is 21.2 Å². The molecule has 0 bridgehead atoms. The molecule has 1 atom stereocenters. The first-order chi connectivity index (χ1) is 12.8. The number of hydrogen-bond donors (Lipinski definition) is 5. The van der Waals surface area contributed by atoms with Gasteiger partial charge in [0.15, 0.2) is 0 Å². The number of methoxy groups -OCH3 is 1. The minimum atomic E-state index is -0.491. The number of hydrogen-bond acceptors (Lipinski definition) is 4. The van der Waals surface area contributed by atoms with Crippen molar-refractivity contribution in [2.75, 3.05) is 7.11 Å². The van der Waals surface area contributed by atoms with E-state index in [1.165, 1.54) is 7.11 Å². The Labute approximate surface area is 180 Å². The van der Waals surface area contributed by atoms with Crippen LogP contribution in [0.3, 0.4) is 0 Å². The fourth-order valence-corrected chi connectivity index (χ4v) is 3.18. The van der Waals surface area contributed by atoms with Gasteiger partial charge in [0.25, 0.3) is 0 Å². The van der Waals surface area contributed by atoms with Gasteiger partial charge in [0, 0.05) is 22.0 Å². The minimum Gasteiger partial charge on any atom is -0.469 e. The van der Waals surface area contributed by atoms with Gasteiger partial charge in [0.2, 0.25) is 0 Å². The van der Waals surface area contributed by atoms with Gasteiger partial charge in [-0.25, -0.2) is 0 Å². The van der Waals surface area contributed by atoms with E-state index in [4.69, 9.17) is 27.0 Å². The summed E-state index contributed by atoms with van der Waals surface area (Å²) in [6, 6.07) is 12.6. The molecular weight excluding hydrogens is 413 g/mol. The van der Waals surface area contributed by atoms with Gasteiger partial charge in [-0.15, -0.1) is 24.8 Å². The zero-order valence-electron chi connectivity index (χ0n) is 15.9. The molecule has 0 aliphatic heterocycles. The molecule has 0 aliphatic rings. The van der Waals surface area contributed by atoms with Gasteiger partial charge in [-0.05, 0) is 24.1 Å². The topological polar surface area (TPSA) is 142 Å². The number of benzene rings is 2. The second kappa shape index (κ2) is 9.45. The number of nitrogens with one attached hydrogen (secondary N) is 3. The van der Waals surface area contributed by atoms with Crippen molar-refractivity contribution in [3.05, 3.63) is 59.2 Å². The van der Waals surface area contributed by atoms with Gasteiger partial charge in [-0.3, -0.25) is 15.6 Å². The Hall–Kier alpha value is -3.03. The maximum absolute atomic E-state index is 12.2. The molecule has 1 heterocycles. The summed E-state index contributed by atoms with van der Waals surface area (Å²) in [6.07, 6.45) is 0. The maximum atomic E-state index is 12.2. The summed E-state index contributed by atoms with van der Waals surface area (Å²) in [7, 11) is 1.36. The number of ether oxygens (including phenoxy) is 1.